The molecule has 27 heavy (non-hydrogen) atoms. The summed E-state index contributed by atoms with van der Waals surface area (Å²) in [5.41, 5.74) is 0.464. The lowest BCUT2D eigenvalue weighted by Gasteiger charge is -2.16. The molecule has 0 aliphatic heterocycles. The molecule has 0 radical (unpaired) electrons. The molecule has 1 amide bonds. The zero-order valence-electron chi connectivity index (χ0n) is 14.7. The minimum atomic E-state index is -3.67. The number of hydrogen-bond donors (Lipinski definition) is 1. The van der Waals surface area contributed by atoms with Crippen molar-refractivity contribution in [2.24, 2.45) is 0 Å². The number of aromatic nitrogens is 1. The Morgan fingerprint density at radius 1 is 1.22 bits per heavy atom. The van der Waals surface area contributed by atoms with Crippen LogP contribution in [0.15, 0.2) is 53.7 Å². The molecule has 0 spiro atoms. The number of rotatable bonds is 5. The number of fused-ring (bicyclic) bond motifs is 1. The van der Waals surface area contributed by atoms with Gasteiger partial charge in [0.15, 0.2) is 9.84 Å². The van der Waals surface area contributed by atoms with E-state index in [4.69, 9.17) is 16.3 Å². The number of halogens is 1. The highest BCUT2D eigenvalue weighted by Gasteiger charge is 2.22. The first-order valence-corrected chi connectivity index (χ1v) is 10.3. The number of anilines is 1. The average molecular weight is 405 g/mol. The molecule has 0 bridgehead atoms. The van der Waals surface area contributed by atoms with E-state index < -0.39 is 9.84 Å². The van der Waals surface area contributed by atoms with Crippen molar-refractivity contribution in [1.29, 1.82) is 0 Å². The van der Waals surface area contributed by atoms with E-state index in [1.807, 2.05) is 18.2 Å². The highest BCUT2D eigenvalue weighted by atomic mass is 35.5. The van der Waals surface area contributed by atoms with Crippen molar-refractivity contribution in [3.63, 3.8) is 0 Å². The van der Waals surface area contributed by atoms with Gasteiger partial charge in [-0.2, -0.15) is 0 Å². The summed E-state index contributed by atoms with van der Waals surface area (Å²) in [7, 11) is -3.67. The monoisotopic (exact) mass is 404 g/mol. The van der Waals surface area contributed by atoms with E-state index in [0.717, 1.165) is 17.0 Å². The van der Waals surface area contributed by atoms with E-state index in [1.54, 1.807) is 18.5 Å². The van der Waals surface area contributed by atoms with Crippen LogP contribution in [0.5, 0.6) is 5.75 Å². The van der Waals surface area contributed by atoms with Crippen molar-refractivity contribution in [1.82, 2.24) is 4.98 Å². The molecular weight excluding hydrogens is 388 g/mol. The number of carbonyl (C=O) groups is 1. The highest BCUT2D eigenvalue weighted by Crippen LogP contribution is 2.33. The van der Waals surface area contributed by atoms with E-state index in [0.29, 0.717) is 5.75 Å². The van der Waals surface area contributed by atoms with Gasteiger partial charge in [0.25, 0.3) is 0 Å². The van der Waals surface area contributed by atoms with Crippen LogP contribution in [0, 0.1) is 0 Å². The molecule has 0 fully saturated rings. The zero-order valence-corrected chi connectivity index (χ0v) is 16.3. The second-order valence-electron chi connectivity index (χ2n) is 6.00. The number of ether oxygens (including phenoxy) is 1. The predicted octanol–water partition coefficient (Wildman–Crippen LogP) is 3.83. The Morgan fingerprint density at radius 2 is 2.00 bits per heavy atom. The van der Waals surface area contributed by atoms with Crippen LogP contribution in [0.25, 0.3) is 10.8 Å². The SMILES string of the molecule is CC(=O)Nc1ccc(Cl)c(COc2cccc3cnccc23)c1S(C)(=O)=O. The van der Waals surface area contributed by atoms with Crippen LogP contribution >= 0.6 is 11.6 Å². The predicted molar refractivity (Wildman–Crippen MR) is 105 cm³/mol. The van der Waals surface area contributed by atoms with Crippen LogP contribution in [0.2, 0.25) is 5.02 Å². The maximum absolute atomic E-state index is 12.4. The van der Waals surface area contributed by atoms with E-state index >= 15 is 0 Å². The van der Waals surface area contributed by atoms with Crippen molar-refractivity contribution >= 4 is 43.8 Å². The molecular formula is C19H17ClN2O4S. The lowest BCUT2D eigenvalue weighted by molar-refractivity contribution is -0.114. The molecule has 8 heteroatoms. The second kappa shape index (κ2) is 7.54. The fourth-order valence-electron chi connectivity index (χ4n) is 2.82. The largest absolute Gasteiger partial charge is 0.488 e. The molecule has 0 saturated heterocycles. The van der Waals surface area contributed by atoms with Crippen molar-refractivity contribution < 1.29 is 17.9 Å². The van der Waals surface area contributed by atoms with Crippen LogP contribution in [0.1, 0.15) is 12.5 Å². The molecule has 0 aliphatic carbocycles. The van der Waals surface area contributed by atoms with Crippen LogP contribution in [0.4, 0.5) is 5.69 Å². The molecule has 0 aliphatic rings. The second-order valence-corrected chi connectivity index (χ2v) is 8.36. The van der Waals surface area contributed by atoms with Crippen LogP contribution in [-0.2, 0) is 21.2 Å². The molecule has 140 valence electrons. The lowest BCUT2D eigenvalue weighted by Crippen LogP contribution is -2.14. The van der Waals surface area contributed by atoms with Crippen molar-refractivity contribution in [3.8, 4) is 5.75 Å². The fraction of sp³-hybridized carbons (Fsp3) is 0.158. The van der Waals surface area contributed by atoms with Crippen LogP contribution in [-0.4, -0.2) is 25.6 Å². The maximum atomic E-state index is 12.4. The first kappa shape index (κ1) is 19.1. The summed E-state index contributed by atoms with van der Waals surface area (Å²) in [4.78, 5) is 15.5. The Hall–Kier alpha value is -2.64. The summed E-state index contributed by atoms with van der Waals surface area (Å²) in [5, 5.41) is 4.53. The van der Waals surface area contributed by atoms with E-state index in [2.05, 4.69) is 10.3 Å². The lowest BCUT2D eigenvalue weighted by atomic mass is 10.1. The number of pyridine rings is 1. The van der Waals surface area contributed by atoms with Crippen molar-refractivity contribution in [2.45, 2.75) is 18.4 Å². The minimum absolute atomic E-state index is 0.0490. The first-order valence-electron chi connectivity index (χ1n) is 8.02. The van der Waals surface area contributed by atoms with Gasteiger partial charge in [-0.25, -0.2) is 8.42 Å². The van der Waals surface area contributed by atoms with Gasteiger partial charge in [0, 0.05) is 46.9 Å². The first-order chi connectivity index (χ1) is 12.8. The standard InChI is InChI=1S/C19H17ClN2O4S/c1-12(23)22-17-7-6-16(20)15(19(17)27(2,24)25)11-26-18-5-3-4-13-10-21-9-8-14(13)18/h3-10H,11H2,1-2H3,(H,22,23). The quantitative estimate of drug-likeness (QED) is 0.698. The smallest absolute Gasteiger partial charge is 0.221 e. The molecule has 2 aromatic carbocycles. The number of hydrogen-bond acceptors (Lipinski definition) is 5. The van der Waals surface area contributed by atoms with Gasteiger partial charge in [-0.15, -0.1) is 0 Å². The molecule has 3 aromatic rings. The number of nitrogens with zero attached hydrogens (tertiary/aromatic N) is 1. The minimum Gasteiger partial charge on any atom is -0.488 e. The van der Waals surface area contributed by atoms with Crippen molar-refractivity contribution in [2.75, 3.05) is 11.6 Å². The van der Waals surface area contributed by atoms with E-state index in [9.17, 15) is 13.2 Å². The third-order valence-corrected chi connectivity index (χ3v) is 5.46. The van der Waals surface area contributed by atoms with E-state index in [-0.39, 0.29) is 33.7 Å². The van der Waals surface area contributed by atoms with Gasteiger partial charge in [0.05, 0.1) is 10.6 Å². The zero-order chi connectivity index (χ0) is 19.6. The summed E-state index contributed by atoms with van der Waals surface area (Å²) < 4.78 is 30.6. The number of nitrogens with one attached hydrogen (secondary N) is 1. The van der Waals surface area contributed by atoms with Gasteiger partial charge in [-0.1, -0.05) is 23.7 Å². The molecule has 0 unspecified atom stereocenters. The Bertz CT molecular complexity index is 1120. The van der Waals surface area contributed by atoms with Crippen LogP contribution in [0.3, 0.4) is 0 Å². The molecule has 1 N–H and O–H groups in total. The maximum Gasteiger partial charge on any atom is 0.221 e. The topological polar surface area (TPSA) is 85.4 Å². The number of benzene rings is 2. The third kappa shape index (κ3) is 4.20. The van der Waals surface area contributed by atoms with Gasteiger partial charge in [-0.3, -0.25) is 9.78 Å². The Balaban J connectivity index is 2.05. The van der Waals surface area contributed by atoms with Crippen LogP contribution < -0.4 is 10.1 Å². The van der Waals surface area contributed by atoms with Gasteiger partial charge in [0.2, 0.25) is 5.91 Å². The molecule has 3 rings (SSSR count). The average Bonchev–Trinajstić information content (AvgIpc) is 2.60. The number of amides is 1. The number of carbonyl (C=O) groups excluding carboxylic acids is 1. The Kier molecular flexibility index (Phi) is 5.34. The summed E-state index contributed by atoms with van der Waals surface area (Å²) in [5.74, 6) is 0.200. The van der Waals surface area contributed by atoms with Crippen molar-refractivity contribution in [3.05, 3.63) is 59.4 Å². The van der Waals surface area contributed by atoms with Gasteiger partial charge in [0.1, 0.15) is 12.4 Å². The number of sulfone groups is 1. The highest BCUT2D eigenvalue weighted by molar-refractivity contribution is 7.91. The molecule has 6 nitrogen and oxygen atoms in total. The normalized spacial score (nSPS) is 11.4. The molecule has 1 aromatic heterocycles. The van der Waals surface area contributed by atoms with Gasteiger partial charge >= 0.3 is 0 Å². The fourth-order valence-corrected chi connectivity index (χ4v) is 4.22. The van der Waals surface area contributed by atoms with Gasteiger partial charge < -0.3 is 10.1 Å². The molecule has 0 atom stereocenters. The summed E-state index contributed by atoms with van der Waals surface area (Å²) in [6.07, 6.45) is 4.44. The van der Waals surface area contributed by atoms with Gasteiger partial charge in [-0.05, 0) is 24.3 Å². The Morgan fingerprint density at radius 3 is 2.70 bits per heavy atom. The Labute approximate surface area is 162 Å². The summed E-state index contributed by atoms with van der Waals surface area (Å²) >= 11 is 6.26. The molecule has 1 heterocycles. The van der Waals surface area contributed by atoms with E-state index in [1.165, 1.54) is 19.1 Å². The molecule has 0 saturated carbocycles. The summed E-state index contributed by atoms with van der Waals surface area (Å²) in [6, 6.07) is 10.3. The summed E-state index contributed by atoms with van der Waals surface area (Å²) in [6.45, 7) is 1.23. The third-order valence-electron chi connectivity index (χ3n) is 3.90.